The summed E-state index contributed by atoms with van der Waals surface area (Å²) in [6.07, 6.45) is 3.68. The van der Waals surface area contributed by atoms with Crippen LogP contribution in [0.15, 0.2) is 41.8 Å². The molecular weight excluding hydrogens is 317 g/mol. The van der Waals surface area contributed by atoms with Gasteiger partial charge in [0.15, 0.2) is 0 Å². The number of benzene rings is 1. The Morgan fingerprint density at radius 2 is 1.88 bits per heavy atom. The molecule has 0 N–H and O–H groups in total. The van der Waals surface area contributed by atoms with E-state index >= 15 is 0 Å². The molecule has 0 saturated carbocycles. The van der Waals surface area contributed by atoms with Crippen LogP contribution in [0.1, 0.15) is 50.3 Å². The lowest BCUT2D eigenvalue weighted by atomic mass is 9.89. The van der Waals surface area contributed by atoms with Gasteiger partial charge in [-0.25, -0.2) is 4.39 Å². The molecule has 2 atom stereocenters. The first-order valence-electron chi connectivity index (χ1n) is 8.45. The van der Waals surface area contributed by atoms with Crippen LogP contribution >= 0.6 is 0 Å². The average Bonchev–Trinajstić information content (AvgIpc) is 2.76. The Morgan fingerprint density at radius 3 is 2.48 bits per heavy atom. The molecule has 0 fully saturated rings. The third kappa shape index (κ3) is 3.68. The average molecular weight is 342 g/mol. The number of anilines is 1. The summed E-state index contributed by atoms with van der Waals surface area (Å²) in [6, 6.07) is 4.43. The number of allylic oxidation sites excluding steroid dienone is 5. The highest BCUT2D eigenvalue weighted by Crippen LogP contribution is 2.43. The number of likely N-dealkylation sites (N-methyl/N-ethyl adjacent to an activating group) is 1. The lowest BCUT2D eigenvalue weighted by Crippen LogP contribution is -2.25. The van der Waals surface area contributed by atoms with Gasteiger partial charge in [-0.3, -0.25) is 0 Å². The van der Waals surface area contributed by atoms with E-state index < -0.39 is 5.97 Å². The molecule has 2 unspecified atom stereocenters. The summed E-state index contributed by atoms with van der Waals surface area (Å²) < 4.78 is 14.6. The molecule has 0 aliphatic carbocycles. The quantitative estimate of drug-likeness (QED) is 0.616. The molecule has 4 heteroatoms. The maximum absolute atomic E-state index is 14.6. The van der Waals surface area contributed by atoms with Gasteiger partial charge < -0.3 is 14.8 Å². The molecule has 0 radical (unpaired) electrons. The molecule has 2 rings (SSSR count). The van der Waals surface area contributed by atoms with Gasteiger partial charge in [0.2, 0.25) is 0 Å². The fourth-order valence-electron chi connectivity index (χ4n) is 3.49. The zero-order valence-corrected chi connectivity index (χ0v) is 15.7. The summed E-state index contributed by atoms with van der Waals surface area (Å²) in [7, 11) is 2.09. The van der Waals surface area contributed by atoms with Gasteiger partial charge in [0, 0.05) is 24.7 Å². The van der Waals surface area contributed by atoms with Crippen LogP contribution in [0.4, 0.5) is 10.1 Å². The van der Waals surface area contributed by atoms with Gasteiger partial charge in [-0.2, -0.15) is 0 Å². The van der Waals surface area contributed by atoms with Crippen molar-refractivity contribution >= 4 is 17.2 Å². The Kier molecular flexibility index (Phi) is 5.51. The van der Waals surface area contributed by atoms with Gasteiger partial charge in [-0.15, -0.1) is 0 Å². The summed E-state index contributed by atoms with van der Waals surface area (Å²) in [4.78, 5) is 12.8. The van der Waals surface area contributed by atoms with Crippen LogP contribution in [-0.4, -0.2) is 19.1 Å². The Bertz CT molecular complexity index is 789. The summed E-state index contributed by atoms with van der Waals surface area (Å²) in [5, 5.41) is 10.5. The molecule has 1 heterocycles. The van der Waals surface area contributed by atoms with Crippen molar-refractivity contribution in [1.82, 2.24) is 0 Å². The molecule has 0 amide bonds. The van der Waals surface area contributed by atoms with Crippen LogP contribution in [0.25, 0.3) is 5.57 Å². The number of carbonyl (C=O) groups is 1. The number of carbonyl (C=O) groups excluding carboxylic acids is 1. The van der Waals surface area contributed by atoms with E-state index in [1.165, 1.54) is 23.4 Å². The minimum absolute atomic E-state index is 0.374. The summed E-state index contributed by atoms with van der Waals surface area (Å²) in [5.74, 6) is -1.27. The molecule has 0 bridgehead atoms. The number of halogens is 1. The molecule has 1 aromatic rings. The smallest absolute Gasteiger partial charge is 0.126 e. The van der Waals surface area contributed by atoms with E-state index in [0.29, 0.717) is 23.1 Å². The molecule has 25 heavy (non-hydrogen) atoms. The van der Waals surface area contributed by atoms with Crippen molar-refractivity contribution in [2.45, 2.75) is 46.6 Å². The van der Waals surface area contributed by atoms with Crippen molar-refractivity contribution in [3.63, 3.8) is 0 Å². The predicted octanol–water partition coefficient (Wildman–Crippen LogP) is 3.89. The van der Waals surface area contributed by atoms with Crippen LogP contribution in [-0.2, 0) is 4.79 Å². The monoisotopic (exact) mass is 342 g/mol. The zero-order chi connectivity index (χ0) is 18.9. The van der Waals surface area contributed by atoms with Crippen LogP contribution in [0.3, 0.4) is 0 Å². The third-order valence-electron chi connectivity index (χ3n) is 5.26. The van der Waals surface area contributed by atoms with Crippen molar-refractivity contribution < 1.29 is 14.3 Å². The standard InChI is InChI=1S/C21H26FNO2/c1-12(11-20(24)25)7-9-18(22)14(3)17-8-10-19-21(15(17)4)13(2)16(5)23(19)6/h7-11,13,16H,1-6H3,(H,24,25)/p-1/b9-7+,12-11+,18-14+. The largest absolute Gasteiger partial charge is 0.545 e. The molecule has 0 spiro atoms. The number of hydrogen-bond donors (Lipinski definition) is 0. The zero-order valence-electron chi connectivity index (χ0n) is 15.7. The molecular formula is C21H25FNO2-. The summed E-state index contributed by atoms with van der Waals surface area (Å²) >= 11 is 0. The fourth-order valence-corrected chi connectivity index (χ4v) is 3.49. The Hall–Kier alpha value is -2.36. The second kappa shape index (κ2) is 7.26. The Labute approximate surface area is 149 Å². The molecule has 0 saturated heterocycles. The number of fused-ring (bicyclic) bond motifs is 1. The van der Waals surface area contributed by atoms with Crippen molar-refractivity contribution in [1.29, 1.82) is 0 Å². The molecule has 134 valence electrons. The van der Waals surface area contributed by atoms with Crippen molar-refractivity contribution in [3.8, 4) is 0 Å². The highest BCUT2D eigenvalue weighted by molar-refractivity contribution is 5.79. The summed E-state index contributed by atoms with van der Waals surface area (Å²) in [6.45, 7) is 9.78. The van der Waals surface area contributed by atoms with Gasteiger partial charge in [0.25, 0.3) is 0 Å². The van der Waals surface area contributed by atoms with Gasteiger partial charge in [-0.1, -0.05) is 19.1 Å². The van der Waals surface area contributed by atoms with Crippen LogP contribution < -0.4 is 10.0 Å². The number of carboxylic acids is 1. The SMILES string of the molecule is CC(/C=C/C(F)=C(/C)c1ccc2c(c1C)C(C)C(C)N2C)=C\C(=O)[O-]. The minimum Gasteiger partial charge on any atom is -0.545 e. The molecule has 0 aromatic heterocycles. The molecule has 1 aliphatic heterocycles. The fraction of sp³-hybridized carbons (Fsp3) is 0.381. The van der Waals surface area contributed by atoms with E-state index in [4.69, 9.17) is 0 Å². The summed E-state index contributed by atoms with van der Waals surface area (Å²) in [5.41, 5.74) is 5.44. The lowest BCUT2D eigenvalue weighted by molar-refractivity contribution is -0.297. The predicted molar refractivity (Wildman–Crippen MR) is 99.1 cm³/mol. The van der Waals surface area contributed by atoms with Gasteiger partial charge in [-0.05, 0) is 73.7 Å². The van der Waals surface area contributed by atoms with E-state index in [2.05, 4.69) is 31.9 Å². The normalized spacial score (nSPS) is 21.6. The van der Waals surface area contributed by atoms with Crippen LogP contribution in [0.2, 0.25) is 0 Å². The van der Waals surface area contributed by atoms with Crippen LogP contribution in [0, 0.1) is 6.92 Å². The van der Waals surface area contributed by atoms with Crippen molar-refractivity contribution in [2.24, 2.45) is 0 Å². The molecule has 1 aromatic carbocycles. The van der Waals surface area contributed by atoms with Gasteiger partial charge >= 0.3 is 0 Å². The molecule has 1 aliphatic rings. The van der Waals surface area contributed by atoms with E-state index in [1.54, 1.807) is 13.8 Å². The van der Waals surface area contributed by atoms with Gasteiger partial charge in [0.05, 0.1) is 5.97 Å². The third-order valence-corrected chi connectivity index (χ3v) is 5.26. The second-order valence-corrected chi connectivity index (χ2v) is 6.82. The topological polar surface area (TPSA) is 43.4 Å². The number of hydrogen-bond acceptors (Lipinski definition) is 3. The first-order valence-corrected chi connectivity index (χ1v) is 8.45. The lowest BCUT2D eigenvalue weighted by Gasteiger charge is -2.20. The highest BCUT2D eigenvalue weighted by Gasteiger charge is 2.32. The number of aliphatic carboxylic acids is 1. The van der Waals surface area contributed by atoms with Crippen LogP contribution in [0.5, 0.6) is 0 Å². The highest BCUT2D eigenvalue weighted by atomic mass is 19.1. The van der Waals surface area contributed by atoms with Crippen molar-refractivity contribution in [2.75, 3.05) is 11.9 Å². The first kappa shape index (κ1) is 19.0. The molecule has 3 nitrogen and oxygen atoms in total. The number of rotatable bonds is 4. The van der Waals surface area contributed by atoms with Crippen molar-refractivity contribution in [3.05, 3.63) is 58.5 Å². The van der Waals surface area contributed by atoms with E-state index in [0.717, 1.165) is 17.2 Å². The first-order chi connectivity index (χ1) is 11.6. The van der Waals surface area contributed by atoms with E-state index in [1.807, 2.05) is 13.0 Å². The number of carboxylic acid groups (broad SMARTS) is 1. The Balaban J connectivity index is 2.42. The Morgan fingerprint density at radius 1 is 1.24 bits per heavy atom. The maximum Gasteiger partial charge on any atom is 0.126 e. The van der Waals surface area contributed by atoms with E-state index in [9.17, 15) is 14.3 Å². The van der Waals surface area contributed by atoms with E-state index in [-0.39, 0.29) is 5.83 Å². The maximum atomic E-state index is 14.6. The second-order valence-electron chi connectivity index (χ2n) is 6.82. The number of nitrogens with zero attached hydrogens (tertiary/aromatic N) is 1. The minimum atomic E-state index is -1.29. The van der Waals surface area contributed by atoms with Gasteiger partial charge in [0.1, 0.15) is 5.83 Å².